The van der Waals surface area contributed by atoms with Gasteiger partial charge >= 0.3 is 12.1 Å². The van der Waals surface area contributed by atoms with Crippen LogP contribution in [0.15, 0.2) is 52.9 Å². The third-order valence-electron chi connectivity index (χ3n) is 4.70. The van der Waals surface area contributed by atoms with Gasteiger partial charge in [0.25, 0.3) is 0 Å². The average molecular weight is 452 g/mol. The van der Waals surface area contributed by atoms with Crippen molar-refractivity contribution in [3.8, 4) is 22.8 Å². The fourth-order valence-corrected chi connectivity index (χ4v) is 2.76. The van der Waals surface area contributed by atoms with Crippen LogP contribution in [0.2, 0.25) is 0 Å². The third kappa shape index (κ3) is 5.22. The molecule has 0 bridgehead atoms. The molecule has 170 valence electrons. The number of aliphatic carboxylic acids is 1. The number of rotatable bonds is 7. The summed E-state index contributed by atoms with van der Waals surface area (Å²) in [6.07, 6.45) is -4.42. The van der Waals surface area contributed by atoms with Crippen LogP contribution >= 0.6 is 0 Å². The predicted octanol–water partition coefficient (Wildman–Crippen LogP) is 6.23. The molecule has 0 unspecified atom stereocenters. The summed E-state index contributed by atoms with van der Waals surface area (Å²) in [5.74, 6) is -1.19. The SMILES string of the molecule is Cc1oc(-c2ccc(C(F)(F)F)cc2)cc1COc1ccc(OC(C)(C)C(=O)O)c(F)c1. The molecule has 0 amide bonds. The van der Waals surface area contributed by atoms with Crippen molar-refractivity contribution in [1.29, 1.82) is 0 Å². The number of furan rings is 1. The van der Waals surface area contributed by atoms with E-state index in [4.69, 9.17) is 19.0 Å². The summed E-state index contributed by atoms with van der Waals surface area (Å²) in [7, 11) is 0. The van der Waals surface area contributed by atoms with Gasteiger partial charge in [0.05, 0.1) is 5.56 Å². The van der Waals surface area contributed by atoms with Crippen molar-refractivity contribution in [1.82, 2.24) is 0 Å². The Morgan fingerprint density at radius 1 is 1.06 bits per heavy atom. The lowest BCUT2D eigenvalue weighted by molar-refractivity contribution is -0.152. The first kappa shape index (κ1) is 23.2. The molecule has 0 aliphatic rings. The number of ether oxygens (including phenoxy) is 2. The Balaban J connectivity index is 1.70. The minimum Gasteiger partial charge on any atom is -0.489 e. The summed E-state index contributed by atoms with van der Waals surface area (Å²) < 4.78 is 68.9. The lowest BCUT2D eigenvalue weighted by Gasteiger charge is -2.21. The lowest BCUT2D eigenvalue weighted by Crippen LogP contribution is -2.38. The summed E-state index contributed by atoms with van der Waals surface area (Å²) in [5, 5.41) is 9.09. The maximum Gasteiger partial charge on any atom is 0.416 e. The summed E-state index contributed by atoms with van der Waals surface area (Å²) in [4.78, 5) is 11.1. The number of halogens is 4. The smallest absolute Gasteiger partial charge is 0.416 e. The zero-order valence-electron chi connectivity index (χ0n) is 17.4. The quantitative estimate of drug-likeness (QED) is 0.430. The first-order valence-electron chi connectivity index (χ1n) is 9.48. The highest BCUT2D eigenvalue weighted by atomic mass is 19.4. The number of alkyl halides is 3. The van der Waals surface area contributed by atoms with Gasteiger partial charge in [-0.2, -0.15) is 13.2 Å². The lowest BCUT2D eigenvalue weighted by atomic mass is 10.1. The van der Waals surface area contributed by atoms with Crippen molar-refractivity contribution in [2.24, 2.45) is 0 Å². The van der Waals surface area contributed by atoms with Gasteiger partial charge in [0.2, 0.25) is 0 Å². The highest BCUT2D eigenvalue weighted by molar-refractivity contribution is 5.76. The second-order valence-corrected chi connectivity index (χ2v) is 7.57. The standard InChI is InChI=1S/C23H20F4O5/c1-13-15(10-20(31-13)14-4-6-16(7-5-14)23(25,26)27)12-30-17-8-9-19(18(24)11-17)32-22(2,3)21(28)29/h4-11H,12H2,1-3H3,(H,28,29). The van der Waals surface area contributed by atoms with Gasteiger partial charge in [0.15, 0.2) is 17.2 Å². The average Bonchev–Trinajstić information content (AvgIpc) is 3.08. The molecule has 2 aromatic carbocycles. The molecule has 9 heteroatoms. The summed E-state index contributed by atoms with van der Waals surface area (Å²) in [6, 6.07) is 9.99. The number of hydrogen-bond donors (Lipinski definition) is 1. The molecule has 5 nitrogen and oxygen atoms in total. The topological polar surface area (TPSA) is 68.9 Å². The summed E-state index contributed by atoms with van der Waals surface area (Å²) in [6.45, 7) is 4.30. The van der Waals surface area contributed by atoms with E-state index in [0.717, 1.165) is 18.2 Å². The Bertz CT molecular complexity index is 1110. The van der Waals surface area contributed by atoms with Gasteiger partial charge in [-0.05, 0) is 51.1 Å². The molecule has 0 radical (unpaired) electrons. The molecule has 0 saturated heterocycles. The van der Waals surface area contributed by atoms with E-state index in [1.165, 1.54) is 38.1 Å². The van der Waals surface area contributed by atoms with E-state index in [0.29, 0.717) is 22.6 Å². The van der Waals surface area contributed by atoms with Crippen LogP contribution in [-0.2, 0) is 17.6 Å². The minimum atomic E-state index is -4.42. The number of carbonyl (C=O) groups is 1. The van der Waals surface area contributed by atoms with Crippen LogP contribution in [0, 0.1) is 12.7 Å². The molecular weight excluding hydrogens is 432 g/mol. The highest BCUT2D eigenvalue weighted by Gasteiger charge is 2.31. The van der Waals surface area contributed by atoms with E-state index in [1.807, 2.05) is 0 Å². The van der Waals surface area contributed by atoms with Gasteiger partial charge in [-0.3, -0.25) is 0 Å². The number of hydrogen-bond acceptors (Lipinski definition) is 4. The van der Waals surface area contributed by atoms with Crippen LogP contribution in [0.5, 0.6) is 11.5 Å². The van der Waals surface area contributed by atoms with Crippen LogP contribution in [0.4, 0.5) is 17.6 Å². The molecular formula is C23H20F4O5. The molecule has 1 N–H and O–H groups in total. The van der Waals surface area contributed by atoms with Crippen molar-refractivity contribution >= 4 is 5.97 Å². The Hall–Kier alpha value is -3.49. The summed E-state index contributed by atoms with van der Waals surface area (Å²) >= 11 is 0. The first-order chi connectivity index (χ1) is 14.9. The Kier molecular flexibility index (Phi) is 6.20. The van der Waals surface area contributed by atoms with E-state index in [1.54, 1.807) is 13.0 Å². The Morgan fingerprint density at radius 3 is 2.28 bits per heavy atom. The Morgan fingerprint density at radius 2 is 1.72 bits per heavy atom. The fraction of sp³-hybridized carbons (Fsp3) is 0.261. The molecule has 3 rings (SSSR count). The van der Waals surface area contributed by atoms with Crippen LogP contribution in [0.3, 0.4) is 0 Å². The van der Waals surface area contributed by atoms with Crippen molar-refractivity contribution in [3.63, 3.8) is 0 Å². The molecule has 0 saturated carbocycles. The minimum absolute atomic E-state index is 0.0240. The van der Waals surface area contributed by atoms with Gasteiger partial charge in [0, 0.05) is 17.2 Å². The maximum absolute atomic E-state index is 14.3. The van der Waals surface area contributed by atoms with Crippen LogP contribution < -0.4 is 9.47 Å². The predicted molar refractivity (Wildman–Crippen MR) is 107 cm³/mol. The number of carboxylic acids is 1. The van der Waals surface area contributed by atoms with Gasteiger partial charge in [-0.25, -0.2) is 9.18 Å². The molecule has 32 heavy (non-hydrogen) atoms. The van der Waals surface area contributed by atoms with Gasteiger partial charge in [-0.15, -0.1) is 0 Å². The van der Waals surface area contributed by atoms with E-state index >= 15 is 0 Å². The second kappa shape index (κ2) is 8.57. The normalized spacial score (nSPS) is 12.0. The van der Waals surface area contributed by atoms with Crippen LogP contribution in [0.25, 0.3) is 11.3 Å². The first-order valence-corrected chi connectivity index (χ1v) is 9.48. The largest absolute Gasteiger partial charge is 0.489 e. The Labute approximate surface area is 181 Å². The second-order valence-electron chi connectivity index (χ2n) is 7.57. The van der Waals surface area contributed by atoms with Gasteiger partial charge < -0.3 is 19.0 Å². The molecule has 0 aliphatic heterocycles. The van der Waals surface area contributed by atoms with Crippen molar-refractivity contribution < 1.29 is 41.4 Å². The van der Waals surface area contributed by atoms with Gasteiger partial charge in [-0.1, -0.05) is 12.1 Å². The number of benzene rings is 2. The molecule has 1 heterocycles. The van der Waals surface area contributed by atoms with Crippen LogP contribution in [-0.4, -0.2) is 16.7 Å². The van der Waals surface area contributed by atoms with Crippen molar-refractivity contribution in [2.75, 3.05) is 0 Å². The molecule has 0 spiro atoms. The highest BCUT2D eigenvalue weighted by Crippen LogP contribution is 2.33. The zero-order valence-corrected chi connectivity index (χ0v) is 17.4. The van der Waals surface area contributed by atoms with Gasteiger partial charge in [0.1, 0.15) is 23.9 Å². The molecule has 0 fully saturated rings. The van der Waals surface area contributed by atoms with E-state index in [-0.39, 0.29) is 18.1 Å². The summed E-state index contributed by atoms with van der Waals surface area (Å²) in [5.41, 5.74) is -1.26. The maximum atomic E-state index is 14.3. The number of aryl methyl sites for hydroxylation is 1. The monoisotopic (exact) mass is 452 g/mol. The molecule has 0 aliphatic carbocycles. The van der Waals surface area contributed by atoms with E-state index in [2.05, 4.69) is 0 Å². The third-order valence-corrected chi connectivity index (χ3v) is 4.70. The fourth-order valence-electron chi connectivity index (χ4n) is 2.76. The molecule has 3 aromatic rings. The van der Waals surface area contributed by atoms with Crippen molar-refractivity contribution in [2.45, 2.75) is 39.2 Å². The van der Waals surface area contributed by atoms with E-state index < -0.39 is 29.1 Å². The molecule has 1 aromatic heterocycles. The van der Waals surface area contributed by atoms with E-state index in [9.17, 15) is 22.4 Å². The molecule has 0 atom stereocenters. The zero-order chi connectivity index (χ0) is 23.7. The number of carboxylic acid groups (broad SMARTS) is 1. The van der Waals surface area contributed by atoms with Crippen LogP contribution in [0.1, 0.15) is 30.7 Å². The van der Waals surface area contributed by atoms with Crippen molar-refractivity contribution in [3.05, 3.63) is 71.2 Å².